The van der Waals surface area contributed by atoms with Crippen molar-refractivity contribution < 1.29 is 19.4 Å². The third-order valence-electron chi connectivity index (χ3n) is 2.41. The Bertz CT molecular complexity index is 241. The van der Waals surface area contributed by atoms with Crippen molar-refractivity contribution in [3.63, 3.8) is 0 Å². The van der Waals surface area contributed by atoms with E-state index in [0.717, 1.165) is 6.42 Å². The molecule has 1 amide bonds. The zero-order valence-electron chi connectivity index (χ0n) is 8.40. The number of carboxylic acids is 1. The Balaban J connectivity index is 2.76. The molecular formula is C9H15NO4. The van der Waals surface area contributed by atoms with Crippen molar-refractivity contribution in [3.05, 3.63) is 0 Å². The Morgan fingerprint density at radius 2 is 2.36 bits per heavy atom. The van der Waals surface area contributed by atoms with Crippen LogP contribution in [0.5, 0.6) is 0 Å². The maximum absolute atomic E-state index is 11.2. The predicted octanol–water partition coefficient (Wildman–Crippen LogP) is 0.0969. The molecule has 80 valence electrons. The van der Waals surface area contributed by atoms with Crippen LogP contribution in [-0.2, 0) is 14.3 Å². The van der Waals surface area contributed by atoms with Crippen LogP contribution in [0.25, 0.3) is 0 Å². The highest BCUT2D eigenvalue weighted by atomic mass is 16.5. The Kier molecular flexibility index (Phi) is 3.46. The number of likely N-dealkylation sites (N-methyl/N-ethyl adjacent to an activating group) is 1. The summed E-state index contributed by atoms with van der Waals surface area (Å²) in [6, 6.07) is -0.837. The number of hydrogen-bond acceptors (Lipinski definition) is 3. The second kappa shape index (κ2) is 4.41. The van der Waals surface area contributed by atoms with E-state index in [9.17, 15) is 9.59 Å². The SMILES string of the molecule is CCCC1OCC(=O)N(C)C1C(=O)O. The van der Waals surface area contributed by atoms with E-state index in [1.165, 1.54) is 11.9 Å². The van der Waals surface area contributed by atoms with Crippen LogP contribution in [-0.4, -0.2) is 47.7 Å². The van der Waals surface area contributed by atoms with Gasteiger partial charge in [0.15, 0.2) is 6.04 Å². The standard InChI is InChI=1S/C9H15NO4/c1-3-4-6-8(9(12)13)10(2)7(11)5-14-6/h6,8H,3-5H2,1-2H3,(H,12,13). The molecule has 0 radical (unpaired) electrons. The van der Waals surface area contributed by atoms with E-state index in [1.54, 1.807) is 0 Å². The second-order valence-electron chi connectivity index (χ2n) is 3.43. The largest absolute Gasteiger partial charge is 0.480 e. The summed E-state index contributed by atoms with van der Waals surface area (Å²) in [7, 11) is 1.51. The molecule has 2 unspecified atom stereocenters. The van der Waals surface area contributed by atoms with E-state index in [2.05, 4.69) is 0 Å². The van der Waals surface area contributed by atoms with Crippen molar-refractivity contribution in [2.45, 2.75) is 31.9 Å². The summed E-state index contributed by atoms with van der Waals surface area (Å²) in [5, 5.41) is 8.95. The van der Waals surface area contributed by atoms with Gasteiger partial charge >= 0.3 is 5.97 Å². The van der Waals surface area contributed by atoms with Gasteiger partial charge in [0, 0.05) is 7.05 Å². The highest BCUT2D eigenvalue weighted by molar-refractivity contribution is 5.85. The monoisotopic (exact) mass is 201 g/mol. The molecule has 0 saturated carbocycles. The van der Waals surface area contributed by atoms with Gasteiger partial charge in [-0.25, -0.2) is 4.79 Å². The maximum atomic E-state index is 11.2. The Labute approximate surface area is 82.6 Å². The predicted molar refractivity (Wildman–Crippen MR) is 48.8 cm³/mol. The van der Waals surface area contributed by atoms with Crippen molar-refractivity contribution in [2.75, 3.05) is 13.7 Å². The van der Waals surface area contributed by atoms with E-state index in [1.807, 2.05) is 6.92 Å². The smallest absolute Gasteiger partial charge is 0.329 e. The van der Waals surface area contributed by atoms with Crippen LogP contribution in [0.1, 0.15) is 19.8 Å². The van der Waals surface area contributed by atoms with Gasteiger partial charge in [-0.1, -0.05) is 13.3 Å². The summed E-state index contributed by atoms with van der Waals surface area (Å²) < 4.78 is 5.20. The molecule has 0 spiro atoms. The molecule has 5 heteroatoms. The fourth-order valence-electron chi connectivity index (χ4n) is 1.63. The van der Waals surface area contributed by atoms with Gasteiger partial charge in [-0.05, 0) is 6.42 Å². The fraction of sp³-hybridized carbons (Fsp3) is 0.778. The Morgan fingerprint density at radius 1 is 1.71 bits per heavy atom. The molecule has 1 aliphatic heterocycles. The van der Waals surface area contributed by atoms with Gasteiger partial charge in [0.25, 0.3) is 0 Å². The summed E-state index contributed by atoms with van der Waals surface area (Å²) in [5.74, 6) is -1.27. The number of hydrogen-bond donors (Lipinski definition) is 1. The highest BCUT2D eigenvalue weighted by Gasteiger charge is 2.38. The normalized spacial score (nSPS) is 27.9. The first kappa shape index (κ1) is 11.0. The van der Waals surface area contributed by atoms with Crippen LogP contribution in [0.2, 0.25) is 0 Å². The third kappa shape index (κ3) is 2.04. The zero-order chi connectivity index (χ0) is 10.7. The first-order valence-corrected chi connectivity index (χ1v) is 4.68. The molecule has 1 aliphatic rings. The molecule has 0 aromatic carbocycles. The first-order chi connectivity index (χ1) is 6.57. The zero-order valence-corrected chi connectivity index (χ0v) is 8.40. The first-order valence-electron chi connectivity index (χ1n) is 4.68. The molecule has 1 rings (SSSR count). The number of carbonyl (C=O) groups is 2. The number of carboxylic acid groups (broad SMARTS) is 1. The van der Waals surface area contributed by atoms with Gasteiger partial charge in [0.2, 0.25) is 5.91 Å². The number of ether oxygens (including phenoxy) is 1. The number of rotatable bonds is 3. The highest BCUT2D eigenvalue weighted by Crippen LogP contribution is 2.17. The van der Waals surface area contributed by atoms with Crippen molar-refractivity contribution in [3.8, 4) is 0 Å². The molecule has 5 nitrogen and oxygen atoms in total. The van der Waals surface area contributed by atoms with Crippen LogP contribution >= 0.6 is 0 Å². The topological polar surface area (TPSA) is 66.8 Å². The number of carbonyl (C=O) groups excluding carboxylic acids is 1. The maximum Gasteiger partial charge on any atom is 0.329 e. The lowest BCUT2D eigenvalue weighted by Crippen LogP contribution is -2.56. The fourth-order valence-corrected chi connectivity index (χ4v) is 1.63. The van der Waals surface area contributed by atoms with Crippen LogP contribution in [0.15, 0.2) is 0 Å². The minimum absolute atomic E-state index is 0.00898. The van der Waals surface area contributed by atoms with E-state index >= 15 is 0 Å². The third-order valence-corrected chi connectivity index (χ3v) is 2.41. The minimum atomic E-state index is -1.00. The van der Waals surface area contributed by atoms with Crippen molar-refractivity contribution in [1.82, 2.24) is 4.90 Å². The molecule has 1 saturated heterocycles. The molecule has 1 fully saturated rings. The summed E-state index contributed by atoms with van der Waals surface area (Å²) in [4.78, 5) is 23.4. The lowest BCUT2D eigenvalue weighted by molar-refractivity contribution is -0.169. The summed E-state index contributed by atoms with van der Waals surface area (Å²) in [6.45, 7) is 1.95. The van der Waals surface area contributed by atoms with Crippen molar-refractivity contribution in [2.24, 2.45) is 0 Å². The minimum Gasteiger partial charge on any atom is -0.480 e. The van der Waals surface area contributed by atoms with E-state index in [4.69, 9.17) is 9.84 Å². The average Bonchev–Trinajstić information content (AvgIpc) is 2.11. The van der Waals surface area contributed by atoms with Crippen LogP contribution in [0, 0.1) is 0 Å². The van der Waals surface area contributed by atoms with Crippen molar-refractivity contribution in [1.29, 1.82) is 0 Å². The van der Waals surface area contributed by atoms with Gasteiger partial charge in [0.1, 0.15) is 6.61 Å². The molecule has 0 aliphatic carbocycles. The van der Waals surface area contributed by atoms with E-state index < -0.39 is 12.0 Å². The van der Waals surface area contributed by atoms with Gasteiger partial charge in [-0.15, -0.1) is 0 Å². The molecule has 1 N–H and O–H groups in total. The van der Waals surface area contributed by atoms with E-state index in [0.29, 0.717) is 6.42 Å². The second-order valence-corrected chi connectivity index (χ2v) is 3.43. The quantitative estimate of drug-likeness (QED) is 0.703. The number of morpholine rings is 1. The molecule has 0 bridgehead atoms. The Morgan fingerprint density at radius 3 is 2.86 bits per heavy atom. The van der Waals surface area contributed by atoms with Crippen LogP contribution in [0.3, 0.4) is 0 Å². The molecule has 1 heterocycles. The lowest BCUT2D eigenvalue weighted by atomic mass is 10.0. The molecule has 0 aromatic heterocycles. The van der Waals surface area contributed by atoms with E-state index in [-0.39, 0.29) is 18.6 Å². The summed E-state index contributed by atoms with van der Waals surface area (Å²) in [6.07, 6.45) is 1.13. The number of aliphatic carboxylic acids is 1. The van der Waals surface area contributed by atoms with Gasteiger partial charge in [0.05, 0.1) is 6.10 Å². The summed E-state index contributed by atoms with van der Waals surface area (Å²) in [5.41, 5.74) is 0. The molecule has 14 heavy (non-hydrogen) atoms. The Hall–Kier alpha value is -1.10. The van der Waals surface area contributed by atoms with Crippen LogP contribution in [0.4, 0.5) is 0 Å². The lowest BCUT2D eigenvalue weighted by Gasteiger charge is -2.35. The van der Waals surface area contributed by atoms with Crippen molar-refractivity contribution >= 4 is 11.9 Å². The number of nitrogens with zero attached hydrogens (tertiary/aromatic N) is 1. The summed E-state index contributed by atoms with van der Waals surface area (Å²) >= 11 is 0. The average molecular weight is 201 g/mol. The molecular weight excluding hydrogens is 186 g/mol. The van der Waals surface area contributed by atoms with Gasteiger partial charge in [-0.2, -0.15) is 0 Å². The number of amides is 1. The van der Waals surface area contributed by atoms with Crippen LogP contribution < -0.4 is 0 Å². The van der Waals surface area contributed by atoms with Gasteiger partial charge < -0.3 is 14.7 Å². The van der Waals surface area contributed by atoms with Gasteiger partial charge in [-0.3, -0.25) is 4.79 Å². The molecule has 0 aromatic rings. The molecule has 2 atom stereocenters.